The van der Waals surface area contributed by atoms with Crippen molar-refractivity contribution < 1.29 is 0 Å². The van der Waals surface area contributed by atoms with Gasteiger partial charge in [0.2, 0.25) is 0 Å². The Hall–Kier alpha value is 0.240. The summed E-state index contributed by atoms with van der Waals surface area (Å²) in [6.45, 7) is 8.50. The summed E-state index contributed by atoms with van der Waals surface area (Å²) in [5.74, 6) is 1.34. The Bertz CT molecular complexity index is 136. The van der Waals surface area contributed by atoms with E-state index in [1.165, 1.54) is 0 Å². The molecule has 0 amide bonds. The zero-order valence-electron chi connectivity index (χ0n) is 8.88. The summed E-state index contributed by atoms with van der Waals surface area (Å²) in [7, 11) is 2.08. The lowest BCUT2D eigenvalue weighted by Gasteiger charge is -2.23. The lowest BCUT2D eigenvalue weighted by atomic mass is 10.4. The number of hydrogen-bond acceptors (Lipinski definition) is 2. The van der Waals surface area contributed by atoms with Gasteiger partial charge in [0.05, 0.1) is 0 Å². The predicted molar refractivity (Wildman–Crippen MR) is 65.6 cm³/mol. The molecule has 0 saturated carbocycles. The van der Waals surface area contributed by atoms with Crippen LogP contribution < -0.4 is 0 Å². The fourth-order valence-corrected chi connectivity index (χ4v) is 1.68. The highest BCUT2D eigenvalue weighted by molar-refractivity contribution is 6.18. The van der Waals surface area contributed by atoms with Crippen molar-refractivity contribution in [3.05, 3.63) is 12.7 Å². The SMILES string of the molecule is C=CCN(C)CCN(CCCl)CCCl. The highest BCUT2D eigenvalue weighted by Gasteiger charge is 2.04. The van der Waals surface area contributed by atoms with E-state index in [1.54, 1.807) is 0 Å². The fourth-order valence-electron chi connectivity index (χ4n) is 1.20. The molecule has 0 saturated heterocycles. The average Bonchev–Trinajstić information content (AvgIpc) is 2.15. The van der Waals surface area contributed by atoms with Gasteiger partial charge in [-0.15, -0.1) is 29.8 Å². The van der Waals surface area contributed by atoms with E-state index in [0.717, 1.165) is 32.7 Å². The lowest BCUT2D eigenvalue weighted by Crippen LogP contribution is -2.35. The van der Waals surface area contributed by atoms with Crippen LogP contribution in [-0.4, -0.2) is 61.3 Å². The Labute approximate surface area is 97.5 Å². The zero-order valence-corrected chi connectivity index (χ0v) is 10.4. The lowest BCUT2D eigenvalue weighted by molar-refractivity contribution is 0.254. The van der Waals surface area contributed by atoms with E-state index in [9.17, 15) is 0 Å². The van der Waals surface area contributed by atoms with Crippen molar-refractivity contribution in [2.45, 2.75) is 0 Å². The van der Waals surface area contributed by atoms with Gasteiger partial charge < -0.3 is 4.90 Å². The Balaban J connectivity index is 3.62. The summed E-state index contributed by atoms with van der Waals surface area (Å²) in [6, 6.07) is 0. The van der Waals surface area contributed by atoms with Gasteiger partial charge in [0.25, 0.3) is 0 Å². The number of alkyl halides is 2. The number of halogens is 2. The monoisotopic (exact) mass is 238 g/mol. The molecule has 0 aromatic heterocycles. The van der Waals surface area contributed by atoms with E-state index >= 15 is 0 Å². The molecular weight excluding hydrogens is 219 g/mol. The van der Waals surface area contributed by atoms with E-state index < -0.39 is 0 Å². The van der Waals surface area contributed by atoms with Crippen LogP contribution in [0.4, 0.5) is 0 Å². The van der Waals surface area contributed by atoms with Crippen LogP contribution in [0, 0.1) is 0 Å². The predicted octanol–water partition coefficient (Wildman–Crippen LogP) is 1.88. The first-order chi connectivity index (χ1) is 6.74. The second-order valence-corrected chi connectivity index (χ2v) is 4.03. The molecule has 0 spiro atoms. The molecule has 0 radical (unpaired) electrons. The minimum Gasteiger partial charge on any atom is -0.301 e. The topological polar surface area (TPSA) is 6.48 Å². The van der Waals surface area contributed by atoms with E-state index in [0.29, 0.717) is 11.8 Å². The Morgan fingerprint density at radius 1 is 1.07 bits per heavy atom. The van der Waals surface area contributed by atoms with Gasteiger partial charge in [-0.2, -0.15) is 0 Å². The molecule has 84 valence electrons. The van der Waals surface area contributed by atoms with Gasteiger partial charge in [0.1, 0.15) is 0 Å². The molecule has 0 aliphatic carbocycles. The molecule has 0 heterocycles. The first kappa shape index (κ1) is 14.2. The molecule has 14 heavy (non-hydrogen) atoms. The molecule has 0 rings (SSSR count). The van der Waals surface area contributed by atoms with Crippen LogP contribution in [0.15, 0.2) is 12.7 Å². The third-order valence-corrected chi connectivity index (χ3v) is 2.38. The number of likely N-dealkylation sites (N-methyl/N-ethyl adjacent to an activating group) is 1. The maximum absolute atomic E-state index is 5.69. The quantitative estimate of drug-likeness (QED) is 0.448. The first-order valence-corrected chi connectivity index (χ1v) is 5.95. The van der Waals surface area contributed by atoms with Gasteiger partial charge in [-0.3, -0.25) is 4.90 Å². The number of nitrogens with zero attached hydrogens (tertiary/aromatic N) is 2. The first-order valence-electron chi connectivity index (χ1n) is 4.88. The Kier molecular flexibility index (Phi) is 9.95. The molecule has 0 aromatic carbocycles. The van der Waals surface area contributed by atoms with Crippen LogP contribution >= 0.6 is 23.2 Å². The van der Waals surface area contributed by atoms with Crippen molar-refractivity contribution in [3.8, 4) is 0 Å². The van der Waals surface area contributed by atoms with Crippen LogP contribution in [0.2, 0.25) is 0 Å². The molecule has 0 aromatic rings. The second kappa shape index (κ2) is 9.78. The van der Waals surface area contributed by atoms with Crippen molar-refractivity contribution in [3.63, 3.8) is 0 Å². The zero-order chi connectivity index (χ0) is 10.8. The summed E-state index contributed by atoms with van der Waals surface area (Å²) in [6.07, 6.45) is 1.91. The number of hydrogen-bond donors (Lipinski definition) is 0. The minimum atomic E-state index is 0.669. The van der Waals surface area contributed by atoms with Crippen molar-refractivity contribution in [1.82, 2.24) is 9.80 Å². The molecule has 0 aliphatic rings. The van der Waals surface area contributed by atoms with Gasteiger partial charge in [0, 0.05) is 44.5 Å². The van der Waals surface area contributed by atoms with Crippen molar-refractivity contribution in [1.29, 1.82) is 0 Å². The smallest absolute Gasteiger partial charge is 0.0351 e. The highest BCUT2D eigenvalue weighted by atomic mass is 35.5. The van der Waals surface area contributed by atoms with Gasteiger partial charge in [0.15, 0.2) is 0 Å². The molecule has 0 unspecified atom stereocenters. The second-order valence-electron chi connectivity index (χ2n) is 3.27. The third kappa shape index (κ3) is 7.63. The molecule has 0 bridgehead atoms. The summed E-state index contributed by atoms with van der Waals surface area (Å²) < 4.78 is 0. The fraction of sp³-hybridized carbons (Fsp3) is 0.800. The summed E-state index contributed by atoms with van der Waals surface area (Å²) in [5, 5.41) is 0. The highest BCUT2D eigenvalue weighted by Crippen LogP contribution is 1.93. The van der Waals surface area contributed by atoms with Crippen molar-refractivity contribution >= 4 is 23.2 Å². The van der Waals surface area contributed by atoms with E-state index in [4.69, 9.17) is 23.2 Å². The van der Waals surface area contributed by atoms with E-state index in [1.807, 2.05) is 6.08 Å². The summed E-state index contributed by atoms with van der Waals surface area (Å²) in [5.41, 5.74) is 0. The van der Waals surface area contributed by atoms with Gasteiger partial charge >= 0.3 is 0 Å². The average molecular weight is 239 g/mol. The van der Waals surface area contributed by atoms with Gasteiger partial charge in [-0.05, 0) is 7.05 Å². The standard InChI is InChI=1S/C10H20Cl2N2/c1-3-6-13(2)9-10-14(7-4-11)8-5-12/h3H,1,4-10H2,2H3. The molecule has 0 N–H and O–H groups in total. The maximum Gasteiger partial charge on any atom is 0.0351 e. The molecular formula is C10H20Cl2N2. The largest absolute Gasteiger partial charge is 0.301 e. The van der Waals surface area contributed by atoms with Crippen LogP contribution in [0.5, 0.6) is 0 Å². The molecule has 4 heteroatoms. The van der Waals surface area contributed by atoms with Crippen molar-refractivity contribution in [2.24, 2.45) is 0 Å². The molecule has 0 atom stereocenters. The Morgan fingerprint density at radius 3 is 2.07 bits per heavy atom. The van der Waals surface area contributed by atoms with E-state index in [-0.39, 0.29) is 0 Å². The van der Waals surface area contributed by atoms with Crippen LogP contribution in [0.25, 0.3) is 0 Å². The van der Waals surface area contributed by atoms with E-state index in [2.05, 4.69) is 23.4 Å². The van der Waals surface area contributed by atoms with Crippen LogP contribution in [0.1, 0.15) is 0 Å². The van der Waals surface area contributed by atoms with Crippen molar-refractivity contribution in [2.75, 3.05) is 51.5 Å². The maximum atomic E-state index is 5.69. The van der Waals surface area contributed by atoms with Gasteiger partial charge in [-0.25, -0.2) is 0 Å². The summed E-state index contributed by atoms with van der Waals surface area (Å²) in [4.78, 5) is 4.50. The van der Waals surface area contributed by atoms with Gasteiger partial charge in [-0.1, -0.05) is 6.08 Å². The Morgan fingerprint density at radius 2 is 1.64 bits per heavy atom. The summed E-state index contributed by atoms with van der Waals surface area (Å²) >= 11 is 11.4. The number of rotatable bonds is 9. The molecule has 0 aliphatic heterocycles. The third-order valence-electron chi connectivity index (χ3n) is 2.04. The van der Waals surface area contributed by atoms with Crippen LogP contribution in [0.3, 0.4) is 0 Å². The molecule has 2 nitrogen and oxygen atoms in total. The van der Waals surface area contributed by atoms with Crippen LogP contribution in [-0.2, 0) is 0 Å². The minimum absolute atomic E-state index is 0.669. The molecule has 0 fully saturated rings. The normalized spacial score (nSPS) is 11.2.